The summed E-state index contributed by atoms with van der Waals surface area (Å²) in [7, 11) is 2.14. The summed E-state index contributed by atoms with van der Waals surface area (Å²) in [5.74, 6) is 0. The molecule has 0 amide bonds. The predicted molar refractivity (Wildman–Crippen MR) is 92.8 cm³/mol. The van der Waals surface area contributed by atoms with E-state index >= 15 is 0 Å². The van der Waals surface area contributed by atoms with Crippen molar-refractivity contribution in [2.45, 2.75) is 6.92 Å². The van der Waals surface area contributed by atoms with Gasteiger partial charge in [0.2, 0.25) is 11.0 Å². The van der Waals surface area contributed by atoms with Crippen LogP contribution in [0.1, 0.15) is 5.56 Å². The van der Waals surface area contributed by atoms with Crippen molar-refractivity contribution >= 4 is 21.8 Å². The molecule has 22 heavy (non-hydrogen) atoms. The Kier molecular flexibility index (Phi) is 2.93. The number of para-hydroxylation sites is 2. The van der Waals surface area contributed by atoms with Gasteiger partial charge in [0.1, 0.15) is 7.05 Å². The van der Waals surface area contributed by atoms with Crippen LogP contribution in [0, 0.1) is 6.92 Å². The fraction of sp³-hybridized carbons (Fsp3) is 0.0952. The van der Waals surface area contributed by atoms with Gasteiger partial charge in [-0.2, -0.15) is 4.57 Å². The van der Waals surface area contributed by atoms with Crippen molar-refractivity contribution in [1.82, 2.24) is 0 Å². The number of aromatic nitrogens is 1. The molecule has 4 rings (SSSR count). The summed E-state index contributed by atoms with van der Waals surface area (Å²) in [6.07, 6.45) is 0. The second-order valence-electron chi connectivity index (χ2n) is 5.84. The van der Waals surface area contributed by atoms with Crippen LogP contribution in [0.25, 0.3) is 32.9 Å². The molecular formula is C21H18N+. The lowest BCUT2D eigenvalue weighted by Crippen LogP contribution is -2.30. The third-order valence-electron chi connectivity index (χ3n) is 4.38. The van der Waals surface area contributed by atoms with E-state index in [-0.39, 0.29) is 0 Å². The molecule has 1 heterocycles. The Morgan fingerprint density at radius 2 is 1.27 bits per heavy atom. The molecule has 1 aromatic heterocycles. The van der Waals surface area contributed by atoms with Crippen LogP contribution >= 0.6 is 0 Å². The average Bonchev–Trinajstić information content (AvgIpc) is 2.55. The maximum Gasteiger partial charge on any atom is 0.213 e. The van der Waals surface area contributed by atoms with Gasteiger partial charge in [-0.25, -0.2) is 0 Å². The smallest absolute Gasteiger partial charge is 0.194 e. The molecule has 0 aliphatic rings. The Balaban J connectivity index is 2.26. The van der Waals surface area contributed by atoms with E-state index in [1.54, 1.807) is 0 Å². The molecule has 1 heteroatoms. The van der Waals surface area contributed by atoms with Crippen LogP contribution < -0.4 is 4.57 Å². The molecule has 0 atom stereocenters. The second-order valence-corrected chi connectivity index (χ2v) is 5.84. The van der Waals surface area contributed by atoms with Gasteiger partial charge in [0, 0.05) is 17.7 Å². The highest BCUT2D eigenvalue weighted by molar-refractivity contribution is 6.07. The van der Waals surface area contributed by atoms with E-state index in [1.165, 1.54) is 38.5 Å². The number of rotatable bonds is 1. The predicted octanol–water partition coefficient (Wildman–Crippen LogP) is 4.79. The SMILES string of the molecule is Cc1cccc(-c2c3ccccc3[n+](C)c3ccccc23)c1. The molecular weight excluding hydrogens is 266 g/mol. The molecule has 0 unspecified atom stereocenters. The van der Waals surface area contributed by atoms with E-state index in [9.17, 15) is 0 Å². The lowest BCUT2D eigenvalue weighted by atomic mass is 9.95. The lowest BCUT2D eigenvalue weighted by Gasteiger charge is -2.11. The van der Waals surface area contributed by atoms with Crippen molar-refractivity contribution < 1.29 is 4.57 Å². The first-order valence-corrected chi connectivity index (χ1v) is 7.62. The molecule has 0 bridgehead atoms. The van der Waals surface area contributed by atoms with Crippen LogP contribution in [0.4, 0.5) is 0 Å². The van der Waals surface area contributed by atoms with E-state index in [0.29, 0.717) is 0 Å². The summed E-state index contributed by atoms with van der Waals surface area (Å²) in [5.41, 5.74) is 6.43. The summed E-state index contributed by atoms with van der Waals surface area (Å²) in [4.78, 5) is 0. The zero-order valence-electron chi connectivity index (χ0n) is 12.9. The van der Waals surface area contributed by atoms with E-state index in [1.807, 2.05) is 0 Å². The number of pyridine rings is 1. The molecule has 0 spiro atoms. The maximum atomic E-state index is 2.28. The van der Waals surface area contributed by atoms with E-state index in [2.05, 4.69) is 91.3 Å². The largest absolute Gasteiger partial charge is 0.213 e. The Hall–Kier alpha value is -2.67. The van der Waals surface area contributed by atoms with Gasteiger partial charge in [-0.1, -0.05) is 54.1 Å². The topological polar surface area (TPSA) is 3.88 Å². The van der Waals surface area contributed by atoms with Gasteiger partial charge in [0.15, 0.2) is 0 Å². The Morgan fingerprint density at radius 3 is 1.86 bits per heavy atom. The van der Waals surface area contributed by atoms with Crippen LogP contribution in [-0.4, -0.2) is 0 Å². The average molecular weight is 284 g/mol. The molecule has 0 aliphatic carbocycles. The minimum atomic E-state index is 1.26. The molecule has 0 aliphatic heterocycles. The van der Waals surface area contributed by atoms with Crippen LogP contribution in [0.3, 0.4) is 0 Å². The molecule has 106 valence electrons. The van der Waals surface area contributed by atoms with Gasteiger partial charge in [0.25, 0.3) is 0 Å². The second kappa shape index (κ2) is 4.96. The molecule has 0 radical (unpaired) electrons. The van der Waals surface area contributed by atoms with Gasteiger partial charge < -0.3 is 0 Å². The Bertz CT molecular complexity index is 942. The fourth-order valence-electron chi connectivity index (χ4n) is 3.34. The monoisotopic (exact) mass is 284 g/mol. The van der Waals surface area contributed by atoms with Crippen molar-refractivity contribution in [2.24, 2.45) is 7.05 Å². The highest BCUT2D eigenvalue weighted by atomic mass is 14.9. The van der Waals surface area contributed by atoms with Crippen molar-refractivity contribution in [2.75, 3.05) is 0 Å². The van der Waals surface area contributed by atoms with Crippen molar-refractivity contribution in [3.63, 3.8) is 0 Å². The van der Waals surface area contributed by atoms with Crippen molar-refractivity contribution in [1.29, 1.82) is 0 Å². The zero-order chi connectivity index (χ0) is 15.1. The third kappa shape index (κ3) is 1.90. The Labute approximate surface area is 130 Å². The minimum absolute atomic E-state index is 1.26. The number of nitrogens with zero attached hydrogens (tertiary/aromatic N) is 1. The number of hydrogen-bond acceptors (Lipinski definition) is 0. The first-order valence-electron chi connectivity index (χ1n) is 7.62. The summed E-state index contributed by atoms with van der Waals surface area (Å²) < 4.78 is 2.28. The molecule has 0 N–H and O–H groups in total. The summed E-state index contributed by atoms with van der Waals surface area (Å²) >= 11 is 0. The van der Waals surface area contributed by atoms with Crippen LogP contribution in [0.15, 0.2) is 72.8 Å². The number of hydrogen-bond donors (Lipinski definition) is 0. The molecule has 3 aromatic carbocycles. The fourth-order valence-corrected chi connectivity index (χ4v) is 3.34. The summed E-state index contributed by atoms with van der Waals surface area (Å²) in [5, 5.41) is 2.60. The first kappa shape index (κ1) is 13.0. The first-order chi connectivity index (χ1) is 10.8. The summed E-state index contributed by atoms with van der Waals surface area (Å²) in [6, 6.07) is 26.1. The van der Waals surface area contributed by atoms with E-state index in [4.69, 9.17) is 0 Å². The highest BCUT2D eigenvalue weighted by Gasteiger charge is 2.17. The van der Waals surface area contributed by atoms with Crippen molar-refractivity contribution in [3.05, 3.63) is 78.4 Å². The molecule has 1 nitrogen and oxygen atoms in total. The van der Waals surface area contributed by atoms with Gasteiger partial charge in [-0.3, -0.25) is 0 Å². The molecule has 0 saturated carbocycles. The Morgan fingerprint density at radius 1 is 0.682 bits per heavy atom. The molecule has 0 saturated heterocycles. The normalized spacial score (nSPS) is 11.2. The number of benzene rings is 3. The van der Waals surface area contributed by atoms with Gasteiger partial charge in [-0.05, 0) is 24.6 Å². The van der Waals surface area contributed by atoms with Crippen molar-refractivity contribution in [3.8, 4) is 11.1 Å². The van der Waals surface area contributed by atoms with Crippen LogP contribution in [-0.2, 0) is 7.05 Å². The van der Waals surface area contributed by atoms with E-state index in [0.717, 1.165) is 0 Å². The van der Waals surface area contributed by atoms with Gasteiger partial charge >= 0.3 is 0 Å². The standard InChI is InChI=1S/C21H18N/c1-15-8-7-9-16(14-15)21-17-10-3-5-12-19(17)22(2)20-13-6-4-11-18(20)21/h3-14H,1-2H3/q+1. The molecule has 0 fully saturated rings. The van der Waals surface area contributed by atoms with E-state index < -0.39 is 0 Å². The summed E-state index contributed by atoms with van der Waals surface area (Å²) in [6.45, 7) is 2.15. The lowest BCUT2D eigenvalue weighted by molar-refractivity contribution is -0.617. The molecule has 4 aromatic rings. The van der Waals surface area contributed by atoms with Gasteiger partial charge in [0.05, 0.1) is 10.8 Å². The van der Waals surface area contributed by atoms with Crippen LogP contribution in [0.2, 0.25) is 0 Å². The van der Waals surface area contributed by atoms with Crippen LogP contribution in [0.5, 0.6) is 0 Å². The third-order valence-corrected chi connectivity index (χ3v) is 4.38. The quantitative estimate of drug-likeness (QED) is 0.349. The zero-order valence-corrected chi connectivity index (χ0v) is 12.9. The number of aryl methyl sites for hydroxylation is 2. The van der Waals surface area contributed by atoms with Gasteiger partial charge in [-0.15, -0.1) is 0 Å². The number of fused-ring (bicyclic) bond motifs is 2. The highest BCUT2D eigenvalue weighted by Crippen LogP contribution is 2.33. The minimum Gasteiger partial charge on any atom is -0.194 e. The maximum absolute atomic E-state index is 2.28.